The fraction of sp³-hybridized carbons (Fsp3) is 0.444. The largest absolute Gasteiger partial charge is 0.352 e. The van der Waals surface area contributed by atoms with Crippen LogP contribution in [0.25, 0.3) is 0 Å². The fourth-order valence-corrected chi connectivity index (χ4v) is 0.944. The molecule has 3 nitrogen and oxygen atoms in total. The predicted octanol–water partition coefficient (Wildman–Crippen LogP) is 0.177. The molecule has 0 aromatic carbocycles. The van der Waals surface area contributed by atoms with Gasteiger partial charge in [0.05, 0.1) is 0 Å². The zero-order valence-corrected chi connectivity index (χ0v) is 6.67. The molecule has 0 N–H and O–H groups in total. The van der Waals surface area contributed by atoms with Gasteiger partial charge in [0.25, 0.3) is 0 Å². The molecule has 3 heteroatoms. The minimum absolute atomic E-state index is 0.278. The van der Waals surface area contributed by atoms with E-state index >= 15 is 0 Å². The first-order chi connectivity index (χ1) is 5.83. The van der Waals surface area contributed by atoms with Gasteiger partial charge in [0.15, 0.2) is 6.11 Å². The molecule has 0 spiro atoms. The second kappa shape index (κ2) is 4.43. The molecule has 1 fully saturated rings. The van der Waals surface area contributed by atoms with Gasteiger partial charge in [-0.2, -0.15) is 0 Å². The Balaban J connectivity index is 2.27. The number of Topliss-reactive ketones (excluding diaryl/α,β-unsaturated/α-hetero) is 1. The molecule has 0 unspecified atom stereocenters. The third-order valence-electron chi connectivity index (χ3n) is 1.58. The minimum atomic E-state index is 0.278. The van der Waals surface area contributed by atoms with Crippen molar-refractivity contribution in [3.8, 4) is 24.4 Å². The average molecular weight is 163 g/mol. The van der Waals surface area contributed by atoms with Gasteiger partial charge in [-0.05, 0) is 5.92 Å². The number of rotatable bonds is 1. The first-order valence-corrected chi connectivity index (χ1v) is 3.72. The molecule has 1 aliphatic heterocycles. The molecule has 0 bridgehead atoms. The van der Waals surface area contributed by atoms with Crippen LogP contribution in [0.5, 0.6) is 0 Å². The number of hydrogen-bond donors (Lipinski definition) is 0. The van der Waals surface area contributed by atoms with Crippen molar-refractivity contribution >= 4 is 5.78 Å². The summed E-state index contributed by atoms with van der Waals surface area (Å²) in [7, 11) is 0. The molecule has 0 amide bonds. The Hall–Kier alpha value is -1.45. The normalized spacial score (nSPS) is 17.4. The molecular weight excluding hydrogens is 154 g/mol. The molecule has 0 saturated carbocycles. The van der Waals surface area contributed by atoms with Crippen LogP contribution in [0, 0.1) is 24.4 Å². The monoisotopic (exact) mass is 163 g/mol. The lowest BCUT2D eigenvalue weighted by Crippen LogP contribution is -2.32. The average Bonchev–Trinajstić information content (AvgIpc) is 2.09. The molecule has 0 aromatic heterocycles. The smallest absolute Gasteiger partial charge is 0.152 e. The van der Waals surface area contributed by atoms with Crippen LogP contribution in [0.2, 0.25) is 0 Å². The van der Waals surface area contributed by atoms with Gasteiger partial charge in [0, 0.05) is 31.9 Å². The van der Waals surface area contributed by atoms with Gasteiger partial charge >= 0.3 is 0 Å². The van der Waals surface area contributed by atoms with E-state index in [-0.39, 0.29) is 5.78 Å². The molecule has 0 aromatic rings. The van der Waals surface area contributed by atoms with Gasteiger partial charge < -0.3 is 4.84 Å². The standard InChI is InChI=1S/C9H9NO2/c1-2-3-8-12-10-6-4-9(11)5-7-10/h1H,4-7H2. The Morgan fingerprint density at radius 1 is 1.42 bits per heavy atom. The molecule has 1 heterocycles. The van der Waals surface area contributed by atoms with E-state index in [1.807, 2.05) is 0 Å². The van der Waals surface area contributed by atoms with Crippen molar-refractivity contribution in [3.05, 3.63) is 0 Å². The van der Waals surface area contributed by atoms with E-state index in [9.17, 15) is 4.79 Å². The summed E-state index contributed by atoms with van der Waals surface area (Å²) in [6.45, 7) is 1.22. The maximum absolute atomic E-state index is 10.8. The first-order valence-electron chi connectivity index (χ1n) is 3.72. The minimum Gasteiger partial charge on any atom is -0.352 e. The summed E-state index contributed by atoms with van der Waals surface area (Å²) in [6, 6.07) is 0. The molecule has 0 atom stereocenters. The number of hydrogen-bond acceptors (Lipinski definition) is 3. The molecule has 0 aliphatic carbocycles. The summed E-state index contributed by atoms with van der Waals surface area (Å²) in [5, 5.41) is 1.64. The van der Waals surface area contributed by atoms with Crippen molar-refractivity contribution < 1.29 is 9.63 Å². The molecule has 1 aliphatic rings. The summed E-state index contributed by atoms with van der Waals surface area (Å²) < 4.78 is 0. The maximum atomic E-state index is 10.8. The van der Waals surface area contributed by atoms with Crippen molar-refractivity contribution in [1.82, 2.24) is 5.06 Å². The highest BCUT2D eigenvalue weighted by molar-refractivity contribution is 5.79. The SMILES string of the molecule is C#CC#CON1CCC(=O)CC1. The molecule has 1 rings (SSSR count). The number of piperidine rings is 1. The Morgan fingerprint density at radius 3 is 2.67 bits per heavy atom. The summed E-state index contributed by atoms with van der Waals surface area (Å²) >= 11 is 0. The van der Waals surface area contributed by atoms with E-state index in [0.29, 0.717) is 25.9 Å². The molecule has 12 heavy (non-hydrogen) atoms. The number of carbonyl (C=O) groups is 1. The van der Waals surface area contributed by atoms with Gasteiger partial charge in [-0.15, -0.1) is 11.5 Å². The first kappa shape index (κ1) is 8.64. The van der Waals surface area contributed by atoms with E-state index in [2.05, 4.69) is 17.9 Å². The van der Waals surface area contributed by atoms with Crippen LogP contribution in [0.15, 0.2) is 0 Å². The lowest BCUT2D eigenvalue weighted by Gasteiger charge is -2.21. The van der Waals surface area contributed by atoms with Crippen LogP contribution < -0.4 is 0 Å². The quantitative estimate of drug-likeness (QED) is 0.516. The summed E-state index contributed by atoms with van der Waals surface area (Å²) in [5.41, 5.74) is 0. The molecule has 0 radical (unpaired) electrons. The van der Waals surface area contributed by atoms with Crippen LogP contribution in [0.3, 0.4) is 0 Å². The highest BCUT2D eigenvalue weighted by atomic mass is 16.7. The Bertz CT molecular complexity index is 256. The summed E-state index contributed by atoms with van der Waals surface area (Å²) in [4.78, 5) is 15.7. The van der Waals surface area contributed by atoms with E-state index < -0.39 is 0 Å². The van der Waals surface area contributed by atoms with Crippen molar-refractivity contribution in [1.29, 1.82) is 0 Å². The van der Waals surface area contributed by atoms with Gasteiger partial charge in [-0.1, -0.05) is 0 Å². The predicted molar refractivity (Wildman–Crippen MR) is 43.5 cm³/mol. The van der Waals surface area contributed by atoms with E-state index in [0.717, 1.165) is 0 Å². The topological polar surface area (TPSA) is 29.5 Å². The van der Waals surface area contributed by atoms with Gasteiger partial charge in [-0.25, -0.2) is 0 Å². The highest BCUT2D eigenvalue weighted by Crippen LogP contribution is 2.04. The Labute approximate surface area is 71.6 Å². The molecule has 62 valence electrons. The number of hydroxylamine groups is 2. The molecule has 1 saturated heterocycles. The van der Waals surface area contributed by atoms with E-state index in [1.54, 1.807) is 5.06 Å². The lowest BCUT2D eigenvalue weighted by atomic mass is 10.1. The van der Waals surface area contributed by atoms with Crippen molar-refractivity contribution in [3.63, 3.8) is 0 Å². The van der Waals surface area contributed by atoms with Gasteiger partial charge in [-0.3, -0.25) is 4.79 Å². The van der Waals surface area contributed by atoms with E-state index in [1.165, 1.54) is 0 Å². The fourth-order valence-electron chi connectivity index (χ4n) is 0.944. The highest BCUT2D eigenvalue weighted by Gasteiger charge is 2.16. The number of ketones is 1. The van der Waals surface area contributed by atoms with Crippen LogP contribution >= 0.6 is 0 Å². The van der Waals surface area contributed by atoms with Crippen molar-refractivity contribution in [2.24, 2.45) is 0 Å². The number of nitrogens with zero attached hydrogens (tertiary/aromatic N) is 1. The maximum Gasteiger partial charge on any atom is 0.152 e. The summed E-state index contributed by atoms with van der Waals surface area (Å²) in [6.07, 6.45) is 8.32. The molecular formula is C9H9NO2. The number of terminal acetylenes is 1. The third-order valence-corrected chi connectivity index (χ3v) is 1.58. The van der Waals surface area contributed by atoms with Crippen LogP contribution in [-0.4, -0.2) is 23.9 Å². The number of carbonyl (C=O) groups excluding carboxylic acids is 1. The van der Waals surface area contributed by atoms with Crippen LogP contribution in [0.1, 0.15) is 12.8 Å². The van der Waals surface area contributed by atoms with Gasteiger partial charge in [0.1, 0.15) is 5.78 Å². The Morgan fingerprint density at radius 2 is 2.08 bits per heavy atom. The second-order valence-corrected chi connectivity index (χ2v) is 2.43. The zero-order valence-electron chi connectivity index (χ0n) is 6.67. The third kappa shape index (κ3) is 2.65. The van der Waals surface area contributed by atoms with Crippen molar-refractivity contribution in [2.75, 3.05) is 13.1 Å². The second-order valence-electron chi connectivity index (χ2n) is 2.43. The lowest BCUT2D eigenvalue weighted by molar-refractivity contribution is -0.137. The van der Waals surface area contributed by atoms with Crippen molar-refractivity contribution in [2.45, 2.75) is 12.8 Å². The van der Waals surface area contributed by atoms with Gasteiger partial charge in [0.2, 0.25) is 0 Å². The zero-order chi connectivity index (χ0) is 8.81. The summed E-state index contributed by atoms with van der Waals surface area (Å²) in [5.74, 6) is 4.75. The Kier molecular flexibility index (Phi) is 3.19. The van der Waals surface area contributed by atoms with E-state index in [4.69, 9.17) is 11.3 Å². The van der Waals surface area contributed by atoms with Crippen LogP contribution in [-0.2, 0) is 9.63 Å². The van der Waals surface area contributed by atoms with Crippen LogP contribution in [0.4, 0.5) is 0 Å².